The van der Waals surface area contributed by atoms with Gasteiger partial charge in [-0.25, -0.2) is 4.39 Å². The Hall–Kier alpha value is -1.66. The predicted molar refractivity (Wildman–Crippen MR) is 85.8 cm³/mol. The van der Waals surface area contributed by atoms with Crippen LogP contribution in [0.15, 0.2) is 24.3 Å². The zero-order valence-electron chi connectivity index (χ0n) is 13.8. The van der Waals surface area contributed by atoms with E-state index in [1.54, 1.807) is 17.0 Å². The van der Waals surface area contributed by atoms with E-state index in [0.717, 1.165) is 6.42 Å². The highest BCUT2D eigenvalue weighted by Crippen LogP contribution is 2.23. The van der Waals surface area contributed by atoms with Gasteiger partial charge in [-0.1, -0.05) is 6.07 Å². The molecule has 1 heterocycles. The number of halogens is 1. The summed E-state index contributed by atoms with van der Waals surface area (Å²) in [7, 11) is 3.86. The number of likely N-dealkylation sites (tertiary alicyclic amines) is 1. The lowest BCUT2D eigenvalue weighted by atomic mass is 9.94. The molecule has 6 heteroatoms. The van der Waals surface area contributed by atoms with Crippen LogP contribution in [0.5, 0.6) is 5.75 Å². The van der Waals surface area contributed by atoms with Crippen LogP contribution in [0.2, 0.25) is 0 Å². The van der Waals surface area contributed by atoms with Crippen molar-refractivity contribution in [2.45, 2.75) is 24.9 Å². The Balaban J connectivity index is 1.85. The van der Waals surface area contributed by atoms with Crippen molar-refractivity contribution in [2.24, 2.45) is 0 Å². The van der Waals surface area contributed by atoms with E-state index in [9.17, 15) is 14.3 Å². The molecule has 0 saturated carbocycles. The van der Waals surface area contributed by atoms with E-state index in [0.29, 0.717) is 38.2 Å². The number of nitrogens with zero attached hydrogens (tertiary/aromatic N) is 2. The van der Waals surface area contributed by atoms with E-state index < -0.39 is 11.4 Å². The van der Waals surface area contributed by atoms with Gasteiger partial charge in [-0.3, -0.25) is 4.79 Å². The van der Waals surface area contributed by atoms with Gasteiger partial charge in [0.2, 0.25) is 0 Å². The molecule has 2 rings (SSSR count). The summed E-state index contributed by atoms with van der Waals surface area (Å²) in [6, 6.07) is 5.75. The molecule has 1 atom stereocenters. The molecule has 128 valence electrons. The average molecular weight is 324 g/mol. The molecule has 1 aromatic rings. The normalized spacial score (nSPS) is 22.0. The first-order valence-corrected chi connectivity index (χ1v) is 7.91. The summed E-state index contributed by atoms with van der Waals surface area (Å²) >= 11 is 0. The molecule has 1 fully saturated rings. The SMILES string of the molecule is CN(C)CC1(O)CCCN(C(=O)COc2cccc(F)c2)CC1. The van der Waals surface area contributed by atoms with E-state index in [4.69, 9.17) is 4.74 Å². The van der Waals surface area contributed by atoms with Crippen LogP contribution in [-0.2, 0) is 4.79 Å². The minimum Gasteiger partial charge on any atom is -0.484 e. The van der Waals surface area contributed by atoms with Gasteiger partial charge in [0.05, 0.1) is 5.60 Å². The lowest BCUT2D eigenvalue weighted by molar-refractivity contribution is -0.133. The lowest BCUT2D eigenvalue weighted by Crippen LogP contribution is -2.42. The van der Waals surface area contributed by atoms with Gasteiger partial charge >= 0.3 is 0 Å². The predicted octanol–water partition coefficient (Wildman–Crippen LogP) is 1.51. The topological polar surface area (TPSA) is 53.0 Å². The molecule has 1 saturated heterocycles. The Morgan fingerprint density at radius 1 is 1.39 bits per heavy atom. The van der Waals surface area contributed by atoms with Gasteiger partial charge in [0, 0.05) is 25.7 Å². The zero-order chi connectivity index (χ0) is 16.9. The summed E-state index contributed by atoms with van der Waals surface area (Å²) in [5, 5.41) is 10.6. The van der Waals surface area contributed by atoms with Gasteiger partial charge in [-0.2, -0.15) is 0 Å². The molecule has 0 radical (unpaired) electrons. The van der Waals surface area contributed by atoms with Crippen molar-refractivity contribution in [3.05, 3.63) is 30.1 Å². The molecule has 0 aromatic heterocycles. The number of hydrogen-bond donors (Lipinski definition) is 1. The highest BCUT2D eigenvalue weighted by molar-refractivity contribution is 5.77. The molecule has 1 aliphatic heterocycles. The van der Waals surface area contributed by atoms with Crippen molar-refractivity contribution in [1.29, 1.82) is 0 Å². The fourth-order valence-electron chi connectivity index (χ4n) is 2.97. The largest absolute Gasteiger partial charge is 0.484 e. The summed E-state index contributed by atoms with van der Waals surface area (Å²) in [5.74, 6) is -0.181. The lowest BCUT2D eigenvalue weighted by Gasteiger charge is -2.29. The molecule has 0 bridgehead atoms. The number of amides is 1. The second-order valence-corrected chi connectivity index (χ2v) is 6.44. The second-order valence-electron chi connectivity index (χ2n) is 6.44. The maximum absolute atomic E-state index is 13.1. The average Bonchev–Trinajstić information content (AvgIpc) is 2.66. The van der Waals surface area contributed by atoms with Crippen LogP contribution in [0.4, 0.5) is 4.39 Å². The van der Waals surface area contributed by atoms with Gasteiger partial charge in [-0.15, -0.1) is 0 Å². The minimum atomic E-state index is -0.748. The number of benzene rings is 1. The van der Waals surface area contributed by atoms with E-state index in [1.807, 2.05) is 19.0 Å². The number of carbonyl (C=O) groups is 1. The van der Waals surface area contributed by atoms with E-state index >= 15 is 0 Å². The summed E-state index contributed by atoms with van der Waals surface area (Å²) < 4.78 is 18.4. The number of aliphatic hydroxyl groups is 1. The van der Waals surface area contributed by atoms with Gasteiger partial charge in [0.25, 0.3) is 5.91 Å². The highest BCUT2D eigenvalue weighted by atomic mass is 19.1. The van der Waals surface area contributed by atoms with Crippen molar-refractivity contribution in [1.82, 2.24) is 9.80 Å². The Morgan fingerprint density at radius 2 is 2.17 bits per heavy atom. The number of carbonyl (C=O) groups excluding carboxylic acids is 1. The van der Waals surface area contributed by atoms with Crippen molar-refractivity contribution in [2.75, 3.05) is 40.3 Å². The molecule has 0 aliphatic carbocycles. The first-order valence-electron chi connectivity index (χ1n) is 7.91. The molecule has 1 aliphatic rings. The molecule has 1 N–H and O–H groups in total. The van der Waals surface area contributed by atoms with Gasteiger partial charge < -0.3 is 19.6 Å². The van der Waals surface area contributed by atoms with Crippen molar-refractivity contribution in [3.8, 4) is 5.75 Å². The third-order valence-electron chi connectivity index (χ3n) is 4.04. The summed E-state index contributed by atoms with van der Waals surface area (Å²) in [5.41, 5.74) is -0.748. The van der Waals surface area contributed by atoms with Crippen LogP contribution >= 0.6 is 0 Å². The van der Waals surface area contributed by atoms with Gasteiger partial charge in [0.1, 0.15) is 11.6 Å². The van der Waals surface area contributed by atoms with E-state index in [1.165, 1.54) is 12.1 Å². The first kappa shape index (κ1) is 17.7. The smallest absolute Gasteiger partial charge is 0.260 e. The van der Waals surface area contributed by atoms with Gasteiger partial charge in [-0.05, 0) is 45.5 Å². The van der Waals surface area contributed by atoms with Crippen molar-refractivity contribution >= 4 is 5.91 Å². The molecule has 1 unspecified atom stereocenters. The maximum atomic E-state index is 13.1. The number of hydrogen-bond acceptors (Lipinski definition) is 4. The molecule has 23 heavy (non-hydrogen) atoms. The fourth-order valence-corrected chi connectivity index (χ4v) is 2.97. The van der Waals surface area contributed by atoms with E-state index in [-0.39, 0.29) is 12.5 Å². The molecule has 5 nitrogen and oxygen atoms in total. The van der Waals surface area contributed by atoms with Crippen molar-refractivity contribution < 1.29 is 19.0 Å². The Kier molecular flexibility index (Phi) is 5.96. The first-order chi connectivity index (χ1) is 10.9. The maximum Gasteiger partial charge on any atom is 0.260 e. The summed E-state index contributed by atoms with van der Waals surface area (Å²) in [4.78, 5) is 15.9. The van der Waals surface area contributed by atoms with Crippen molar-refractivity contribution in [3.63, 3.8) is 0 Å². The molecular weight excluding hydrogens is 299 g/mol. The number of rotatable bonds is 5. The fraction of sp³-hybridized carbons (Fsp3) is 0.588. The van der Waals surface area contributed by atoms with Crippen LogP contribution in [0.25, 0.3) is 0 Å². The monoisotopic (exact) mass is 324 g/mol. The molecule has 1 aromatic carbocycles. The molecular formula is C17H25FN2O3. The third-order valence-corrected chi connectivity index (χ3v) is 4.04. The van der Waals surface area contributed by atoms with Crippen LogP contribution in [0.1, 0.15) is 19.3 Å². The summed E-state index contributed by atoms with van der Waals surface area (Å²) in [6.07, 6.45) is 1.99. The molecule has 1 amide bonds. The van der Waals surface area contributed by atoms with E-state index in [2.05, 4.69) is 0 Å². The summed E-state index contributed by atoms with van der Waals surface area (Å²) in [6.45, 7) is 1.60. The Bertz CT molecular complexity index is 538. The highest BCUT2D eigenvalue weighted by Gasteiger charge is 2.31. The van der Waals surface area contributed by atoms with Crippen LogP contribution < -0.4 is 4.74 Å². The number of likely N-dealkylation sites (N-methyl/N-ethyl adjacent to an activating group) is 1. The standard InChI is InChI=1S/C17H25FN2O3/c1-19(2)13-17(22)7-4-9-20(10-8-17)16(21)12-23-15-6-3-5-14(18)11-15/h3,5-6,11,22H,4,7-10,12-13H2,1-2H3. The minimum absolute atomic E-state index is 0.116. The van der Waals surface area contributed by atoms with Gasteiger partial charge in [0.15, 0.2) is 6.61 Å². The van der Waals surface area contributed by atoms with Crippen LogP contribution in [-0.4, -0.2) is 66.8 Å². The molecule has 0 spiro atoms. The van der Waals surface area contributed by atoms with Crippen LogP contribution in [0, 0.1) is 5.82 Å². The Morgan fingerprint density at radius 3 is 2.87 bits per heavy atom. The second kappa shape index (κ2) is 7.75. The number of ether oxygens (including phenoxy) is 1. The van der Waals surface area contributed by atoms with Crippen LogP contribution in [0.3, 0.4) is 0 Å². The third kappa shape index (κ3) is 5.48. The Labute approximate surface area is 136 Å². The zero-order valence-corrected chi connectivity index (χ0v) is 13.8. The quantitative estimate of drug-likeness (QED) is 0.892.